The van der Waals surface area contributed by atoms with E-state index in [1.54, 1.807) is 12.3 Å². The van der Waals surface area contributed by atoms with E-state index in [2.05, 4.69) is 21.2 Å². The average Bonchev–Trinajstić information content (AvgIpc) is 2.96. The van der Waals surface area contributed by atoms with Gasteiger partial charge in [-0.1, -0.05) is 18.2 Å². The van der Waals surface area contributed by atoms with Crippen molar-refractivity contribution in [2.75, 3.05) is 6.61 Å². The van der Waals surface area contributed by atoms with Crippen molar-refractivity contribution in [3.8, 4) is 11.4 Å². The van der Waals surface area contributed by atoms with Crippen LogP contribution in [-0.2, 0) is 0 Å². The Balaban J connectivity index is 1.77. The van der Waals surface area contributed by atoms with Crippen LogP contribution in [0.15, 0.2) is 59.7 Å². The summed E-state index contributed by atoms with van der Waals surface area (Å²) in [5.74, 6) is 0.643. The van der Waals surface area contributed by atoms with Crippen molar-refractivity contribution in [3.63, 3.8) is 0 Å². The van der Waals surface area contributed by atoms with Gasteiger partial charge in [0.15, 0.2) is 0 Å². The highest BCUT2D eigenvalue weighted by Gasteiger charge is 2.10. The number of hydrazone groups is 1. The molecule has 0 bridgehead atoms. The third-order valence-electron chi connectivity index (χ3n) is 4.64. The Labute approximate surface area is 165 Å². The lowest BCUT2D eigenvalue weighted by Gasteiger charge is -2.11. The second-order valence-corrected chi connectivity index (χ2v) is 6.60. The predicted octanol–water partition coefficient (Wildman–Crippen LogP) is 4.57. The van der Waals surface area contributed by atoms with Crippen LogP contribution in [0.3, 0.4) is 0 Å². The average molecular weight is 375 g/mol. The van der Waals surface area contributed by atoms with Crippen molar-refractivity contribution in [1.29, 1.82) is 0 Å². The molecule has 0 aliphatic rings. The molecule has 0 radical (unpaired) electrons. The minimum Gasteiger partial charge on any atom is -0.494 e. The number of aromatic nitrogens is 1. The quantitative estimate of drug-likeness (QED) is 0.507. The summed E-state index contributed by atoms with van der Waals surface area (Å²) in [5, 5.41) is 4.15. The Bertz CT molecular complexity index is 1000. The van der Waals surface area contributed by atoms with Crippen molar-refractivity contribution >= 4 is 12.1 Å². The largest absolute Gasteiger partial charge is 0.494 e. The van der Waals surface area contributed by atoms with Crippen LogP contribution >= 0.6 is 0 Å². The highest BCUT2D eigenvalue weighted by Crippen LogP contribution is 2.22. The van der Waals surface area contributed by atoms with Gasteiger partial charge in [0.2, 0.25) is 0 Å². The van der Waals surface area contributed by atoms with Gasteiger partial charge in [0.25, 0.3) is 5.91 Å². The summed E-state index contributed by atoms with van der Waals surface area (Å²) in [5.41, 5.74) is 8.31. The number of ether oxygens (including phenoxy) is 1. The zero-order valence-electron chi connectivity index (χ0n) is 16.7. The normalized spacial score (nSPS) is 11.0. The summed E-state index contributed by atoms with van der Waals surface area (Å²) in [6.45, 7) is 8.61. The number of carbonyl (C=O) groups is 1. The van der Waals surface area contributed by atoms with Crippen LogP contribution in [0, 0.1) is 20.8 Å². The Hall–Kier alpha value is -3.34. The molecular weight excluding hydrogens is 350 g/mol. The standard InChI is InChI=1S/C23H25N3O2/c1-5-28-21-12-10-20(11-13-21)26-17(3)14-19(18(26)4)15-24-25-23(27)22-9-7-6-8-16(22)2/h6-15H,5H2,1-4H3,(H,25,27)/b24-15-. The number of hydrogen-bond donors (Lipinski definition) is 1. The molecule has 1 N–H and O–H groups in total. The molecule has 3 rings (SSSR count). The van der Waals surface area contributed by atoms with Crippen molar-refractivity contribution in [3.05, 3.63) is 82.7 Å². The maximum Gasteiger partial charge on any atom is 0.271 e. The molecule has 0 fully saturated rings. The van der Waals surface area contributed by atoms with Gasteiger partial charge in [-0.25, -0.2) is 5.43 Å². The van der Waals surface area contributed by atoms with Crippen LogP contribution < -0.4 is 10.2 Å². The number of hydrogen-bond acceptors (Lipinski definition) is 3. The first kappa shape index (κ1) is 19.4. The van der Waals surface area contributed by atoms with Crippen molar-refractivity contribution in [2.24, 2.45) is 5.10 Å². The van der Waals surface area contributed by atoms with Crippen LogP contribution in [0.5, 0.6) is 5.75 Å². The molecule has 0 aliphatic carbocycles. The summed E-state index contributed by atoms with van der Waals surface area (Å²) in [6.07, 6.45) is 1.68. The van der Waals surface area contributed by atoms with Gasteiger partial charge < -0.3 is 9.30 Å². The van der Waals surface area contributed by atoms with E-state index in [1.807, 2.05) is 70.2 Å². The van der Waals surface area contributed by atoms with Gasteiger partial charge in [0, 0.05) is 28.2 Å². The van der Waals surface area contributed by atoms with Gasteiger partial charge in [-0.05, 0) is 69.7 Å². The molecule has 144 valence electrons. The summed E-state index contributed by atoms with van der Waals surface area (Å²) < 4.78 is 7.67. The maximum atomic E-state index is 12.3. The molecule has 0 spiro atoms. The molecule has 2 aromatic carbocycles. The molecular formula is C23H25N3O2. The third-order valence-corrected chi connectivity index (χ3v) is 4.64. The van der Waals surface area contributed by atoms with Crippen LogP contribution in [0.4, 0.5) is 0 Å². The molecule has 0 aliphatic heterocycles. The Kier molecular flexibility index (Phi) is 5.94. The number of carbonyl (C=O) groups excluding carboxylic acids is 1. The molecule has 5 nitrogen and oxygen atoms in total. The lowest BCUT2D eigenvalue weighted by atomic mass is 10.1. The summed E-state index contributed by atoms with van der Waals surface area (Å²) in [6, 6.07) is 17.5. The first-order chi connectivity index (χ1) is 13.5. The van der Waals surface area contributed by atoms with Crippen molar-refractivity contribution in [2.45, 2.75) is 27.7 Å². The van der Waals surface area contributed by atoms with Gasteiger partial charge in [-0.3, -0.25) is 4.79 Å². The van der Waals surface area contributed by atoms with Crippen LogP contribution in [0.2, 0.25) is 0 Å². The van der Waals surface area contributed by atoms with Gasteiger partial charge in [0.05, 0.1) is 12.8 Å². The summed E-state index contributed by atoms with van der Waals surface area (Å²) in [4.78, 5) is 12.3. The summed E-state index contributed by atoms with van der Waals surface area (Å²) in [7, 11) is 0. The van der Waals surface area contributed by atoms with E-state index in [9.17, 15) is 4.79 Å². The van der Waals surface area contributed by atoms with Crippen molar-refractivity contribution < 1.29 is 9.53 Å². The van der Waals surface area contributed by atoms with Gasteiger partial charge in [0.1, 0.15) is 5.75 Å². The number of nitrogens with zero attached hydrogens (tertiary/aromatic N) is 2. The van der Waals surface area contributed by atoms with Gasteiger partial charge >= 0.3 is 0 Å². The fraction of sp³-hybridized carbons (Fsp3) is 0.217. The Morgan fingerprint density at radius 3 is 2.50 bits per heavy atom. The molecule has 0 atom stereocenters. The molecule has 28 heavy (non-hydrogen) atoms. The zero-order chi connectivity index (χ0) is 20.1. The number of aryl methyl sites for hydroxylation is 2. The minimum absolute atomic E-state index is 0.213. The topological polar surface area (TPSA) is 55.6 Å². The Morgan fingerprint density at radius 2 is 1.82 bits per heavy atom. The maximum absolute atomic E-state index is 12.3. The second kappa shape index (κ2) is 8.57. The smallest absolute Gasteiger partial charge is 0.271 e. The van der Waals surface area contributed by atoms with E-state index in [0.717, 1.165) is 34.0 Å². The van der Waals surface area contributed by atoms with E-state index in [0.29, 0.717) is 12.2 Å². The highest BCUT2D eigenvalue weighted by molar-refractivity contribution is 5.96. The first-order valence-corrected chi connectivity index (χ1v) is 9.32. The fourth-order valence-electron chi connectivity index (χ4n) is 3.22. The number of rotatable bonds is 6. The Morgan fingerprint density at radius 1 is 1.11 bits per heavy atom. The highest BCUT2D eigenvalue weighted by atomic mass is 16.5. The lowest BCUT2D eigenvalue weighted by molar-refractivity contribution is 0.0954. The van der Waals surface area contributed by atoms with Crippen LogP contribution in [-0.4, -0.2) is 23.3 Å². The van der Waals surface area contributed by atoms with Gasteiger partial charge in [-0.15, -0.1) is 0 Å². The monoisotopic (exact) mass is 375 g/mol. The third kappa shape index (κ3) is 4.14. The minimum atomic E-state index is -0.213. The number of amides is 1. The van der Waals surface area contributed by atoms with Gasteiger partial charge in [-0.2, -0.15) is 5.10 Å². The summed E-state index contributed by atoms with van der Waals surface area (Å²) >= 11 is 0. The molecule has 5 heteroatoms. The second-order valence-electron chi connectivity index (χ2n) is 6.60. The van der Waals surface area contributed by atoms with E-state index in [1.165, 1.54) is 0 Å². The molecule has 1 aromatic heterocycles. The van der Waals surface area contributed by atoms with E-state index in [4.69, 9.17) is 4.74 Å². The molecule has 1 heterocycles. The number of nitrogens with one attached hydrogen (secondary N) is 1. The van der Waals surface area contributed by atoms with E-state index >= 15 is 0 Å². The van der Waals surface area contributed by atoms with E-state index < -0.39 is 0 Å². The first-order valence-electron chi connectivity index (χ1n) is 9.32. The van der Waals surface area contributed by atoms with Crippen LogP contribution in [0.25, 0.3) is 5.69 Å². The molecule has 0 saturated carbocycles. The van der Waals surface area contributed by atoms with Crippen molar-refractivity contribution in [1.82, 2.24) is 9.99 Å². The number of benzene rings is 2. The lowest BCUT2D eigenvalue weighted by Crippen LogP contribution is -2.18. The zero-order valence-corrected chi connectivity index (χ0v) is 16.7. The molecule has 0 saturated heterocycles. The predicted molar refractivity (Wildman–Crippen MR) is 113 cm³/mol. The fourth-order valence-corrected chi connectivity index (χ4v) is 3.22. The molecule has 0 unspecified atom stereocenters. The van der Waals surface area contributed by atoms with E-state index in [-0.39, 0.29) is 5.91 Å². The SMILES string of the molecule is CCOc1ccc(-n2c(C)cc(/C=N\NC(=O)c3ccccc3C)c2C)cc1. The molecule has 3 aromatic rings. The van der Waals surface area contributed by atoms with Crippen LogP contribution in [0.1, 0.15) is 39.8 Å². The molecule has 1 amide bonds.